The molecule has 0 saturated heterocycles. The molecule has 2 rings (SSSR count). The van der Waals surface area contributed by atoms with E-state index in [1.54, 1.807) is 4.90 Å². The molecule has 104 valence electrons. The summed E-state index contributed by atoms with van der Waals surface area (Å²) in [7, 11) is 0. The minimum absolute atomic E-state index is 0.0161. The summed E-state index contributed by atoms with van der Waals surface area (Å²) in [6.45, 7) is 3.18. The maximum absolute atomic E-state index is 12.6. The molecule has 2 aromatic carbocycles. The van der Waals surface area contributed by atoms with Crippen molar-refractivity contribution in [3.8, 4) is 0 Å². The van der Waals surface area contributed by atoms with E-state index in [1.165, 1.54) is 0 Å². The van der Waals surface area contributed by atoms with E-state index < -0.39 is 0 Å². The molecule has 0 atom stereocenters. The fraction of sp³-hybridized carbons (Fsp3) is 0.188. The molecule has 0 spiro atoms. The van der Waals surface area contributed by atoms with Crippen molar-refractivity contribution in [2.24, 2.45) is 0 Å². The van der Waals surface area contributed by atoms with Crippen molar-refractivity contribution in [1.29, 1.82) is 0 Å². The van der Waals surface area contributed by atoms with Crippen LogP contribution in [0.4, 0.5) is 5.69 Å². The van der Waals surface area contributed by atoms with Crippen molar-refractivity contribution in [3.63, 3.8) is 0 Å². The lowest BCUT2D eigenvalue weighted by atomic mass is 10.1. The van der Waals surface area contributed by atoms with Crippen LogP contribution in [0.3, 0.4) is 0 Å². The summed E-state index contributed by atoms with van der Waals surface area (Å²) in [5.41, 5.74) is 8.20. The lowest BCUT2D eigenvalue weighted by Gasteiger charge is -2.21. The number of anilines is 1. The van der Waals surface area contributed by atoms with Crippen LogP contribution < -0.4 is 5.73 Å². The van der Waals surface area contributed by atoms with Gasteiger partial charge in [-0.15, -0.1) is 0 Å². The number of halogens is 1. The zero-order valence-electron chi connectivity index (χ0n) is 11.3. The first-order valence-corrected chi connectivity index (χ1v) is 7.29. The summed E-state index contributed by atoms with van der Waals surface area (Å²) in [4.78, 5) is 14.4. The molecule has 20 heavy (non-hydrogen) atoms. The Bertz CT molecular complexity index is 613. The van der Waals surface area contributed by atoms with Crippen molar-refractivity contribution >= 4 is 27.5 Å². The Labute approximate surface area is 127 Å². The summed E-state index contributed by atoms with van der Waals surface area (Å²) in [6.07, 6.45) is 0. The quantitative estimate of drug-likeness (QED) is 0.868. The average Bonchev–Trinajstić information content (AvgIpc) is 2.44. The van der Waals surface area contributed by atoms with Gasteiger partial charge in [0.1, 0.15) is 0 Å². The first-order valence-electron chi connectivity index (χ1n) is 6.50. The van der Waals surface area contributed by atoms with E-state index in [-0.39, 0.29) is 5.91 Å². The number of carbonyl (C=O) groups is 1. The van der Waals surface area contributed by atoms with Crippen LogP contribution in [0.5, 0.6) is 0 Å². The molecule has 1 amide bonds. The van der Waals surface area contributed by atoms with Gasteiger partial charge in [-0.25, -0.2) is 0 Å². The lowest BCUT2D eigenvalue weighted by molar-refractivity contribution is 0.0751. The summed E-state index contributed by atoms with van der Waals surface area (Å²) in [5, 5.41) is 0. The Morgan fingerprint density at radius 2 is 1.95 bits per heavy atom. The first kappa shape index (κ1) is 14.6. The summed E-state index contributed by atoms with van der Waals surface area (Å²) in [6, 6.07) is 15.1. The van der Waals surface area contributed by atoms with Gasteiger partial charge in [0.2, 0.25) is 0 Å². The van der Waals surface area contributed by atoms with Crippen LogP contribution in [-0.4, -0.2) is 17.4 Å². The predicted molar refractivity (Wildman–Crippen MR) is 85.4 cm³/mol. The number of amides is 1. The van der Waals surface area contributed by atoms with Gasteiger partial charge in [-0.1, -0.05) is 24.3 Å². The Morgan fingerprint density at radius 1 is 1.20 bits per heavy atom. The van der Waals surface area contributed by atoms with E-state index in [0.717, 1.165) is 10.0 Å². The third kappa shape index (κ3) is 3.39. The van der Waals surface area contributed by atoms with Gasteiger partial charge in [0.05, 0.1) is 5.56 Å². The minimum atomic E-state index is 0.0161. The monoisotopic (exact) mass is 332 g/mol. The molecule has 4 heteroatoms. The number of carbonyl (C=O) groups excluding carboxylic acids is 1. The second-order valence-electron chi connectivity index (χ2n) is 4.54. The van der Waals surface area contributed by atoms with Crippen LogP contribution in [0, 0.1) is 0 Å². The Morgan fingerprint density at radius 3 is 2.60 bits per heavy atom. The summed E-state index contributed by atoms with van der Waals surface area (Å²) in [5.74, 6) is 0.0161. The average molecular weight is 333 g/mol. The number of benzene rings is 2. The number of rotatable bonds is 4. The molecule has 0 unspecified atom stereocenters. The molecule has 0 aliphatic carbocycles. The number of hydrogen-bond donors (Lipinski definition) is 1. The predicted octanol–water partition coefficient (Wildman–Crippen LogP) is 3.69. The van der Waals surface area contributed by atoms with Crippen LogP contribution >= 0.6 is 15.9 Å². The van der Waals surface area contributed by atoms with E-state index in [0.29, 0.717) is 24.3 Å². The van der Waals surface area contributed by atoms with Crippen LogP contribution in [0.2, 0.25) is 0 Å². The Kier molecular flexibility index (Phi) is 4.79. The SMILES string of the molecule is CCN(Cc1cccc(N)c1)C(=O)c1ccccc1Br. The molecule has 2 aromatic rings. The van der Waals surface area contributed by atoms with Crippen molar-refractivity contribution in [1.82, 2.24) is 4.90 Å². The smallest absolute Gasteiger partial charge is 0.255 e. The fourth-order valence-corrected chi connectivity index (χ4v) is 2.50. The van der Waals surface area contributed by atoms with E-state index >= 15 is 0 Å². The number of nitrogens with zero attached hydrogens (tertiary/aromatic N) is 1. The van der Waals surface area contributed by atoms with Gasteiger partial charge in [-0.2, -0.15) is 0 Å². The van der Waals surface area contributed by atoms with Crippen molar-refractivity contribution < 1.29 is 4.79 Å². The molecule has 0 aliphatic heterocycles. The van der Waals surface area contributed by atoms with Crippen LogP contribution in [0.25, 0.3) is 0 Å². The number of hydrogen-bond acceptors (Lipinski definition) is 2. The molecule has 0 fully saturated rings. The number of nitrogens with two attached hydrogens (primary N) is 1. The second-order valence-corrected chi connectivity index (χ2v) is 5.40. The van der Waals surface area contributed by atoms with Crippen molar-refractivity contribution in [2.75, 3.05) is 12.3 Å². The minimum Gasteiger partial charge on any atom is -0.399 e. The van der Waals surface area contributed by atoms with Gasteiger partial charge < -0.3 is 10.6 Å². The van der Waals surface area contributed by atoms with Gasteiger partial charge >= 0.3 is 0 Å². The third-order valence-corrected chi connectivity index (χ3v) is 3.79. The highest BCUT2D eigenvalue weighted by atomic mass is 79.9. The van der Waals surface area contributed by atoms with E-state index in [4.69, 9.17) is 5.73 Å². The van der Waals surface area contributed by atoms with Crippen LogP contribution in [0.1, 0.15) is 22.8 Å². The van der Waals surface area contributed by atoms with Crippen molar-refractivity contribution in [2.45, 2.75) is 13.5 Å². The highest BCUT2D eigenvalue weighted by Crippen LogP contribution is 2.19. The maximum atomic E-state index is 12.6. The van der Waals surface area contributed by atoms with Crippen molar-refractivity contribution in [3.05, 3.63) is 64.1 Å². The van der Waals surface area contributed by atoms with Gasteiger partial charge in [0, 0.05) is 23.2 Å². The third-order valence-electron chi connectivity index (χ3n) is 3.10. The van der Waals surface area contributed by atoms with E-state index in [2.05, 4.69) is 15.9 Å². The standard InChI is InChI=1S/C16H17BrN2O/c1-2-19(11-12-6-5-7-13(18)10-12)16(20)14-8-3-4-9-15(14)17/h3-10H,2,11,18H2,1H3. The molecule has 3 nitrogen and oxygen atoms in total. The fourth-order valence-electron chi connectivity index (χ4n) is 2.04. The molecule has 2 N–H and O–H groups in total. The van der Waals surface area contributed by atoms with Gasteiger partial charge in [-0.05, 0) is 52.7 Å². The molecule has 0 aliphatic rings. The molecular weight excluding hydrogens is 316 g/mol. The normalized spacial score (nSPS) is 10.3. The molecule has 0 radical (unpaired) electrons. The topological polar surface area (TPSA) is 46.3 Å². The molecule has 0 heterocycles. The first-order chi connectivity index (χ1) is 9.61. The lowest BCUT2D eigenvalue weighted by Crippen LogP contribution is -2.30. The van der Waals surface area contributed by atoms with Crippen LogP contribution in [0.15, 0.2) is 53.0 Å². The zero-order valence-corrected chi connectivity index (χ0v) is 12.9. The van der Waals surface area contributed by atoms with Gasteiger partial charge in [0.25, 0.3) is 5.91 Å². The summed E-state index contributed by atoms with van der Waals surface area (Å²) < 4.78 is 0.816. The van der Waals surface area contributed by atoms with E-state index in [9.17, 15) is 4.79 Å². The Balaban J connectivity index is 2.20. The molecular formula is C16H17BrN2O. The molecule has 0 aromatic heterocycles. The highest BCUT2D eigenvalue weighted by molar-refractivity contribution is 9.10. The summed E-state index contributed by atoms with van der Waals surface area (Å²) >= 11 is 3.42. The van der Waals surface area contributed by atoms with E-state index in [1.807, 2.05) is 55.5 Å². The Hall–Kier alpha value is -1.81. The maximum Gasteiger partial charge on any atom is 0.255 e. The molecule has 0 saturated carbocycles. The highest BCUT2D eigenvalue weighted by Gasteiger charge is 2.16. The van der Waals surface area contributed by atoms with Crippen LogP contribution in [-0.2, 0) is 6.54 Å². The molecule has 0 bridgehead atoms. The number of nitrogen functional groups attached to an aromatic ring is 1. The largest absolute Gasteiger partial charge is 0.399 e. The van der Waals surface area contributed by atoms with Gasteiger partial charge in [0.15, 0.2) is 0 Å². The second kappa shape index (κ2) is 6.57. The zero-order chi connectivity index (χ0) is 14.5. The van der Waals surface area contributed by atoms with Gasteiger partial charge in [-0.3, -0.25) is 4.79 Å².